The van der Waals surface area contributed by atoms with Gasteiger partial charge in [0, 0.05) is 5.92 Å². The molecule has 1 fully saturated rings. The minimum Gasteiger partial charge on any atom is -0.467 e. The number of carbonyl (C=O) groups excluding carboxylic acids is 2. The maximum absolute atomic E-state index is 12.2. The molecule has 0 radical (unpaired) electrons. The largest absolute Gasteiger partial charge is 0.467 e. The quantitative estimate of drug-likeness (QED) is 0.660. The number of rotatable bonds is 5. The van der Waals surface area contributed by atoms with Gasteiger partial charge in [-0.15, -0.1) is 0 Å². The molecule has 1 N–H and O–H groups in total. The molecule has 0 bridgehead atoms. The molecule has 1 aliphatic heterocycles. The molecule has 1 saturated heterocycles. The first-order valence-corrected chi connectivity index (χ1v) is 8.50. The lowest BCUT2D eigenvalue weighted by atomic mass is 9.98. The average molecular weight is 353 g/mol. The molecule has 26 heavy (non-hydrogen) atoms. The summed E-state index contributed by atoms with van der Waals surface area (Å²) in [5.74, 6) is -0.567. The molecule has 2 aromatic rings. The molecule has 0 spiro atoms. The molecule has 6 nitrogen and oxygen atoms in total. The van der Waals surface area contributed by atoms with E-state index in [2.05, 4.69) is 29.6 Å². The summed E-state index contributed by atoms with van der Waals surface area (Å²) in [4.78, 5) is 23.9. The third-order valence-electron chi connectivity index (χ3n) is 4.80. The number of fused-ring (bicyclic) bond motifs is 3. The number of benzene rings is 2. The van der Waals surface area contributed by atoms with Crippen molar-refractivity contribution in [3.05, 3.63) is 59.7 Å². The molecule has 134 valence electrons. The fraction of sp³-hybridized carbons (Fsp3) is 0.300. The van der Waals surface area contributed by atoms with Crippen LogP contribution >= 0.6 is 0 Å². The number of methoxy groups -OCH3 is 1. The van der Waals surface area contributed by atoms with Crippen LogP contribution in [-0.2, 0) is 19.0 Å². The second-order valence-corrected chi connectivity index (χ2v) is 6.34. The van der Waals surface area contributed by atoms with Gasteiger partial charge in [0.1, 0.15) is 12.7 Å². The number of alkyl carbamates (subject to hydrolysis) is 1. The van der Waals surface area contributed by atoms with Crippen molar-refractivity contribution < 1.29 is 23.8 Å². The van der Waals surface area contributed by atoms with Crippen LogP contribution in [0.3, 0.4) is 0 Å². The van der Waals surface area contributed by atoms with E-state index in [0.717, 1.165) is 22.3 Å². The zero-order chi connectivity index (χ0) is 18.1. The van der Waals surface area contributed by atoms with Gasteiger partial charge in [-0.1, -0.05) is 48.5 Å². The standard InChI is InChI=1S/C20H19NO5/c1-24-19(22)18(17-11-25-17)21-20(23)26-10-16-14-8-4-2-6-12(14)13-7-3-5-9-15(13)16/h2-9,16-18H,10-11H2,1H3,(H,21,23)/t17-,18+/m1/s1. The summed E-state index contributed by atoms with van der Waals surface area (Å²) in [6.45, 7) is 0.614. The normalized spacial score (nSPS) is 18.4. The van der Waals surface area contributed by atoms with Crippen molar-refractivity contribution in [2.45, 2.75) is 18.1 Å². The van der Waals surface area contributed by atoms with Gasteiger partial charge in [0.05, 0.1) is 13.7 Å². The molecule has 1 heterocycles. The van der Waals surface area contributed by atoms with Gasteiger partial charge in [0.2, 0.25) is 0 Å². The third-order valence-corrected chi connectivity index (χ3v) is 4.80. The van der Waals surface area contributed by atoms with Gasteiger partial charge in [-0.3, -0.25) is 0 Å². The molecular formula is C20H19NO5. The van der Waals surface area contributed by atoms with Crippen LogP contribution in [0.2, 0.25) is 0 Å². The van der Waals surface area contributed by atoms with E-state index in [1.54, 1.807) is 0 Å². The summed E-state index contributed by atoms with van der Waals surface area (Å²) in [5.41, 5.74) is 4.60. The number of carbonyl (C=O) groups is 2. The van der Waals surface area contributed by atoms with Crippen molar-refractivity contribution in [1.82, 2.24) is 5.32 Å². The van der Waals surface area contributed by atoms with Gasteiger partial charge in [-0.2, -0.15) is 0 Å². The van der Waals surface area contributed by atoms with Crippen molar-refractivity contribution in [2.75, 3.05) is 20.3 Å². The Morgan fingerprint density at radius 1 is 1.12 bits per heavy atom. The summed E-state index contributed by atoms with van der Waals surface area (Å²) in [5, 5.41) is 2.54. The van der Waals surface area contributed by atoms with E-state index in [1.807, 2.05) is 24.3 Å². The molecule has 2 aromatic carbocycles. The van der Waals surface area contributed by atoms with Gasteiger partial charge in [-0.25, -0.2) is 9.59 Å². The predicted molar refractivity (Wildman–Crippen MR) is 93.7 cm³/mol. The van der Waals surface area contributed by atoms with Crippen LogP contribution < -0.4 is 5.32 Å². The van der Waals surface area contributed by atoms with E-state index in [9.17, 15) is 9.59 Å². The SMILES string of the molecule is COC(=O)[C@@H](NC(=O)OCC1c2ccccc2-c2ccccc21)[C@H]1CO1. The Kier molecular flexibility index (Phi) is 4.34. The highest BCUT2D eigenvalue weighted by Gasteiger charge is 2.40. The first-order valence-electron chi connectivity index (χ1n) is 8.50. The number of esters is 1. The van der Waals surface area contributed by atoms with E-state index in [1.165, 1.54) is 7.11 Å². The van der Waals surface area contributed by atoms with Gasteiger partial charge < -0.3 is 19.5 Å². The van der Waals surface area contributed by atoms with Crippen molar-refractivity contribution >= 4 is 12.1 Å². The van der Waals surface area contributed by atoms with Gasteiger partial charge >= 0.3 is 12.1 Å². The summed E-state index contributed by atoms with van der Waals surface area (Å²) in [7, 11) is 1.27. The number of hydrogen-bond acceptors (Lipinski definition) is 5. The zero-order valence-corrected chi connectivity index (χ0v) is 14.3. The average Bonchev–Trinajstić information content (AvgIpc) is 3.47. The fourth-order valence-electron chi connectivity index (χ4n) is 3.45. The van der Waals surface area contributed by atoms with E-state index in [-0.39, 0.29) is 18.6 Å². The molecule has 2 atom stereocenters. The molecule has 4 rings (SSSR count). The van der Waals surface area contributed by atoms with E-state index in [4.69, 9.17) is 14.2 Å². The Balaban J connectivity index is 1.46. The first-order chi connectivity index (χ1) is 12.7. The third kappa shape index (κ3) is 3.04. The van der Waals surface area contributed by atoms with Crippen LogP contribution in [0.4, 0.5) is 4.79 Å². The molecule has 2 aliphatic rings. The lowest BCUT2D eigenvalue weighted by Crippen LogP contribution is -2.45. The summed E-state index contributed by atoms with van der Waals surface area (Å²) in [6.07, 6.45) is -0.999. The Labute approximate surface area is 151 Å². The second kappa shape index (κ2) is 6.80. The monoisotopic (exact) mass is 353 g/mol. The fourth-order valence-corrected chi connectivity index (χ4v) is 3.45. The van der Waals surface area contributed by atoms with Crippen molar-refractivity contribution in [2.24, 2.45) is 0 Å². The van der Waals surface area contributed by atoms with Gasteiger partial charge in [-0.05, 0) is 22.3 Å². The molecule has 0 unspecified atom stereocenters. The Morgan fingerprint density at radius 3 is 2.23 bits per heavy atom. The second-order valence-electron chi connectivity index (χ2n) is 6.34. The number of nitrogens with one attached hydrogen (secondary N) is 1. The van der Waals surface area contributed by atoms with Crippen molar-refractivity contribution in [3.8, 4) is 11.1 Å². The van der Waals surface area contributed by atoms with Crippen LogP contribution in [-0.4, -0.2) is 44.5 Å². The van der Waals surface area contributed by atoms with Crippen LogP contribution in [0.15, 0.2) is 48.5 Å². The molecular weight excluding hydrogens is 334 g/mol. The Morgan fingerprint density at radius 2 is 1.69 bits per heavy atom. The maximum Gasteiger partial charge on any atom is 0.407 e. The number of epoxide rings is 1. The predicted octanol–water partition coefficient (Wildman–Crippen LogP) is 2.47. The van der Waals surface area contributed by atoms with Crippen LogP contribution in [0, 0.1) is 0 Å². The molecule has 1 aliphatic carbocycles. The first kappa shape index (κ1) is 16.6. The van der Waals surface area contributed by atoms with E-state index < -0.39 is 18.1 Å². The molecule has 1 amide bonds. The minimum atomic E-state index is -0.837. The van der Waals surface area contributed by atoms with E-state index >= 15 is 0 Å². The number of hydrogen-bond donors (Lipinski definition) is 1. The number of ether oxygens (including phenoxy) is 3. The van der Waals surface area contributed by atoms with Crippen LogP contribution in [0.25, 0.3) is 11.1 Å². The Hall–Kier alpha value is -2.86. The van der Waals surface area contributed by atoms with Gasteiger partial charge in [0.25, 0.3) is 0 Å². The van der Waals surface area contributed by atoms with Crippen LogP contribution in [0.1, 0.15) is 17.0 Å². The zero-order valence-electron chi connectivity index (χ0n) is 14.3. The smallest absolute Gasteiger partial charge is 0.407 e. The lowest BCUT2D eigenvalue weighted by molar-refractivity contribution is -0.143. The van der Waals surface area contributed by atoms with Crippen molar-refractivity contribution in [1.29, 1.82) is 0 Å². The topological polar surface area (TPSA) is 77.2 Å². The highest BCUT2D eigenvalue weighted by Crippen LogP contribution is 2.44. The van der Waals surface area contributed by atoms with Crippen molar-refractivity contribution in [3.63, 3.8) is 0 Å². The highest BCUT2D eigenvalue weighted by molar-refractivity contribution is 5.82. The Bertz CT molecular complexity index is 800. The number of amides is 1. The van der Waals surface area contributed by atoms with Crippen LogP contribution in [0.5, 0.6) is 0 Å². The summed E-state index contributed by atoms with van der Waals surface area (Å²) >= 11 is 0. The molecule has 6 heteroatoms. The van der Waals surface area contributed by atoms with E-state index in [0.29, 0.717) is 6.61 Å². The molecule has 0 aromatic heterocycles. The summed E-state index contributed by atoms with van der Waals surface area (Å²) in [6, 6.07) is 15.4. The highest BCUT2D eigenvalue weighted by atomic mass is 16.6. The maximum atomic E-state index is 12.2. The van der Waals surface area contributed by atoms with Gasteiger partial charge in [0.15, 0.2) is 6.04 Å². The minimum absolute atomic E-state index is 0.0260. The lowest BCUT2D eigenvalue weighted by Gasteiger charge is -2.17. The summed E-state index contributed by atoms with van der Waals surface area (Å²) < 4.78 is 15.2. The molecule has 0 saturated carbocycles.